The third-order valence-electron chi connectivity index (χ3n) is 3.73. The van der Waals surface area contributed by atoms with Crippen molar-refractivity contribution in [3.05, 3.63) is 47.0 Å². The highest BCUT2D eigenvalue weighted by atomic mass is 35.5. The molecule has 2 aromatic rings. The van der Waals surface area contributed by atoms with Crippen LogP contribution in [0.4, 0.5) is 5.69 Å². The van der Waals surface area contributed by atoms with Gasteiger partial charge in [-0.1, -0.05) is 11.6 Å². The number of benzene rings is 2. The lowest BCUT2D eigenvalue weighted by molar-refractivity contribution is -0.122. The molecule has 1 heterocycles. The van der Waals surface area contributed by atoms with Crippen LogP contribution in [0.5, 0.6) is 11.5 Å². The number of hydrogen-bond donors (Lipinski definition) is 2. The van der Waals surface area contributed by atoms with Gasteiger partial charge in [0.1, 0.15) is 16.4 Å². The molecule has 0 saturated carbocycles. The lowest BCUT2D eigenvalue weighted by atomic mass is 10.1. The van der Waals surface area contributed by atoms with Crippen molar-refractivity contribution in [3.63, 3.8) is 0 Å². The maximum Gasteiger partial charge on any atom is 0.265 e. The molecule has 1 aliphatic heterocycles. The number of nitrogens with one attached hydrogen (secondary N) is 1. The number of anilines is 1. The zero-order chi connectivity index (χ0) is 18.2. The van der Waals surface area contributed by atoms with Crippen LogP contribution < -0.4 is 19.9 Å². The molecule has 0 bridgehead atoms. The first-order valence-electron chi connectivity index (χ1n) is 7.25. The van der Waals surface area contributed by atoms with E-state index in [4.69, 9.17) is 26.2 Å². The van der Waals surface area contributed by atoms with Crippen LogP contribution in [0.25, 0.3) is 0 Å². The highest BCUT2D eigenvalue weighted by Crippen LogP contribution is 2.32. The summed E-state index contributed by atoms with van der Waals surface area (Å²) >= 11 is 5.93. The first kappa shape index (κ1) is 17.5. The number of halogens is 1. The van der Waals surface area contributed by atoms with Crippen LogP contribution in [-0.4, -0.2) is 27.5 Å². The van der Waals surface area contributed by atoms with E-state index >= 15 is 0 Å². The van der Waals surface area contributed by atoms with E-state index in [1.54, 1.807) is 18.2 Å². The quantitative estimate of drug-likeness (QED) is 0.840. The number of carbonyl (C=O) groups is 1. The van der Waals surface area contributed by atoms with Gasteiger partial charge in [0.15, 0.2) is 6.10 Å². The molecule has 3 rings (SSSR count). The molecule has 0 saturated heterocycles. The smallest absolute Gasteiger partial charge is 0.265 e. The molecule has 0 aromatic heterocycles. The third-order valence-corrected chi connectivity index (χ3v) is 4.89. The standard InChI is InChI=1S/C16H15ClN2O5S/c1-23-13-5-3-11(8-15(13)25(18,21)22)19-16(20)14-7-9-6-10(17)2-4-12(9)24-14/h2-6,8,14H,7H2,1H3,(H,19,20)(H2,18,21,22). The Morgan fingerprint density at radius 2 is 2.08 bits per heavy atom. The molecule has 9 heteroatoms. The second-order valence-electron chi connectivity index (χ2n) is 5.46. The van der Waals surface area contributed by atoms with Gasteiger partial charge in [-0.3, -0.25) is 4.79 Å². The summed E-state index contributed by atoms with van der Waals surface area (Å²) < 4.78 is 33.8. The van der Waals surface area contributed by atoms with Gasteiger partial charge in [-0.15, -0.1) is 0 Å². The van der Waals surface area contributed by atoms with E-state index in [0.29, 0.717) is 17.2 Å². The predicted octanol–water partition coefficient (Wildman–Crippen LogP) is 1.94. The predicted molar refractivity (Wildman–Crippen MR) is 92.6 cm³/mol. The summed E-state index contributed by atoms with van der Waals surface area (Å²) in [5.41, 5.74) is 1.11. The first-order chi connectivity index (χ1) is 11.8. The molecule has 0 fully saturated rings. The summed E-state index contributed by atoms with van der Waals surface area (Å²) in [6, 6.07) is 9.31. The normalized spacial score (nSPS) is 16.0. The molecule has 0 spiro atoms. The number of ether oxygens (including phenoxy) is 2. The molecule has 1 amide bonds. The molecule has 1 atom stereocenters. The monoisotopic (exact) mass is 382 g/mol. The van der Waals surface area contributed by atoms with Crippen LogP contribution in [0, 0.1) is 0 Å². The number of primary sulfonamides is 1. The van der Waals surface area contributed by atoms with Crippen molar-refractivity contribution in [2.75, 3.05) is 12.4 Å². The molecule has 0 aliphatic carbocycles. The molecule has 7 nitrogen and oxygen atoms in total. The van der Waals surface area contributed by atoms with Crippen molar-refractivity contribution < 1.29 is 22.7 Å². The Bertz CT molecular complexity index is 946. The summed E-state index contributed by atoms with van der Waals surface area (Å²) in [5.74, 6) is 0.294. The van der Waals surface area contributed by atoms with Crippen LogP contribution in [0.15, 0.2) is 41.3 Å². The average molecular weight is 383 g/mol. The van der Waals surface area contributed by atoms with Crippen LogP contribution in [0.2, 0.25) is 5.02 Å². The Labute approximate surface area is 149 Å². The zero-order valence-electron chi connectivity index (χ0n) is 13.2. The molecular weight excluding hydrogens is 368 g/mol. The van der Waals surface area contributed by atoms with Gasteiger partial charge < -0.3 is 14.8 Å². The minimum absolute atomic E-state index is 0.0969. The highest BCUT2D eigenvalue weighted by molar-refractivity contribution is 7.89. The van der Waals surface area contributed by atoms with Gasteiger partial charge in [-0.2, -0.15) is 0 Å². The number of methoxy groups -OCH3 is 1. The fourth-order valence-electron chi connectivity index (χ4n) is 2.56. The Morgan fingerprint density at radius 1 is 1.32 bits per heavy atom. The van der Waals surface area contributed by atoms with Crippen molar-refractivity contribution >= 4 is 33.2 Å². The van der Waals surface area contributed by atoms with E-state index in [1.807, 2.05) is 0 Å². The summed E-state index contributed by atoms with van der Waals surface area (Å²) in [4.78, 5) is 12.2. The van der Waals surface area contributed by atoms with Crippen LogP contribution in [0.1, 0.15) is 5.56 Å². The average Bonchev–Trinajstić information content (AvgIpc) is 2.97. The minimum Gasteiger partial charge on any atom is -0.495 e. The van der Waals surface area contributed by atoms with Crippen LogP contribution >= 0.6 is 11.6 Å². The Morgan fingerprint density at radius 3 is 2.76 bits per heavy atom. The van der Waals surface area contributed by atoms with Gasteiger partial charge in [-0.05, 0) is 42.0 Å². The SMILES string of the molecule is COc1ccc(NC(=O)C2Cc3cc(Cl)ccc3O2)cc1S(N)(=O)=O. The number of sulfonamides is 1. The number of rotatable bonds is 4. The Kier molecular flexibility index (Phi) is 4.59. The molecule has 0 radical (unpaired) electrons. The highest BCUT2D eigenvalue weighted by Gasteiger charge is 2.29. The Hall–Kier alpha value is -2.29. The van der Waals surface area contributed by atoms with E-state index in [2.05, 4.69) is 5.32 Å². The number of nitrogens with two attached hydrogens (primary N) is 1. The van der Waals surface area contributed by atoms with Crippen molar-refractivity contribution in [3.8, 4) is 11.5 Å². The zero-order valence-corrected chi connectivity index (χ0v) is 14.7. The fourth-order valence-corrected chi connectivity index (χ4v) is 3.48. The van der Waals surface area contributed by atoms with Crippen LogP contribution in [0.3, 0.4) is 0 Å². The molecule has 132 valence electrons. The fraction of sp³-hybridized carbons (Fsp3) is 0.188. The van der Waals surface area contributed by atoms with Gasteiger partial charge in [0.05, 0.1) is 7.11 Å². The minimum atomic E-state index is -3.99. The maximum absolute atomic E-state index is 12.4. The van der Waals surface area contributed by atoms with Gasteiger partial charge >= 0.3 is 0 Å². The molecular formula is C16H15ClN2O5S. The summed E-state index contributed by atoms with van der Waals surface area (Å²) in [5, 5.41) is 8.36. The second-order valence-corrected chi connectivity index (χ2v) is 7.43. The number of amides is 1. The van der Waals surface area contributed by atoms with E-state index in [-0.39, 0.29) is 16.3 Å². The second kappa shape index (κ2) is 6.55. The summed E-state index contributed by atoms with van der Waals surface area (Å²) in [6.07, 6.45) is -0.353. The van der Waals surface area contributed by atoms with Crippen molar-refractivity contribution in [1.82, 2.24) is 0 Å². The Balaban J connectivity index is 1.78. The lowest BCUT2D eigenvalue weighted by Gasteiger charge is -2.13. The van der Waals surface area contributed by atoms with Gasteiger partial charge in [0.25, 0.3) is 5.91 Å². The lowest BCUT2D eigenvalue weighted by Crippen LogP contribution is -2.31. The molecule has 2 aromatic carbocycles. The molecule has 1 unspecified atom stereocenters. The van der Waals surface area contributed by atoms with Crippen molar-refractivity contribution in [2.24, 2.45) is 5.14 Å². The largest absolute Gasteiger partial charge is 0.495 e. The van der Waals surface area contributed by atoms with E-state index in [1.165, 1.54) is 25.3 Å². The number of carbonyl (C=O) groups excluding carboxylic acids is 1. The molecule has 1 aliphatic rings. The summed E-state index contributed by atoms with van der Waals surface area (Å²) in [6.45, 7) is 0. The molecule has 25 heavy (non-hydrogen) atoms. The number of hydrogen-bond acceptors (Lipinski definition) is 5. The van der Waals surface area contributed by atoms with Gasteiger partial charge in [0.2, 0.25) is 10.0 Å². The van der Waals surface area contributed by atoms with E-state index < -0.39 is 22.0 Å². The van der Waals surface area contributed by atoms with Crippen molar-refractivity contribution in [2.45, 2.75) is 17.4 Å². The van der Waals surface area contributed by atoms with Crippen LogP contribution in [-0.2, 0) is 21.2 Å². The van der Waals surface area contributed by atoms with E-state index in [9.17, 15) is 13.2 Å². The van der Waals surface area contributed by atoms with Gasteiger partial charge in [0, 0.05) is 17.1 Å². The third kappa shape index (κ3) is 3.71. The maximum atomic E-state index is 12.4. The van der Waals surface area contributed by atoms with Gasteiger partial charge in [-0.25, -0.2) is 13.6 Å². The molecule has 3 N–H and O–H groups in total. The number of fused-ring (bicyclic) bond motifs is 1. The van der Waals surface area contributed by atoms with E-state index in [0.717, 1.165) is 5.56 Å². The van der Waals surface area contributed by atoms with Crippen molar-refractivity contribution in [1.29, 1.82) is 0 Å². The first-order valence-corrected chi connectivity index (χ1v) is 9.17. The topological polar surface area (TPSA) is 108 Å². The summed E-state index contributed by atoms with van der Waals surface area (Å²) in [7, 11) is -2.66.